The molecule has 20 heavy (non-hydrogen) atoms. The molecule has 1 unspecified atom stereocenters. The third-order valence-corrected chi connectivity index (χ3v) is 7.54. The van der Waals surface area contributed by atoms with Gasteiger partial charge in [-0.15, -0.1) is 0 Å². The van der Waals surface area contributed by atoms with Crippen LogP contribution in [0.15, 0.2) is 0 Å². The van der Waals surface area contributed by atoms with Gasteiger partial charge in [0.1, 0.15) is 5.78 Å². The second kappa shape index (κ2) is 11.7. The van der Waals surface area contributed by atoms with E-state index in [-0.39, 0.29) is 4.87 Å². The lowest BCUT2D eigenvalue weighted by atomic mass is 10.1. The zero-order chi connectivity index (χ0) is 15.4. The van der Waals surface area contributed by atoms with E-state index < -0.39 is 8.80 Å². The largest absolute Gasteiger partial charge is 0.513 e. The number of carbonyl (C=O) groups is 1. The number of carbonyl (C=O) groups excluding carboxylic acids is 1. The van der Waals surface area contributed by atoms with Crippen LogP contribution in [-0.2, 0) is 18.1 Å². The molecule has 0 bridgehead atoms. The molecule has 0 rings (SSSR count). The van der Waals surface area contributed by atoms with Crippen molar-refractivity contribution in [3.05, 3.63) is 0 Å². The number of thiol groups is 1. The first-order valence-electron chi connectivity index (χ1n) is 7.41. The molecule has 0 saturated carbocycles. The van der Waals surface area contributed by atoms with Gasteiger partial charge in [0.15, 0.2) is 0 Å². The van der Waals surface area contributed by atoms with Crippen molar-refractivity contribution in [1.82, 2.24) is 0 Å². The van der Waals surface area contributed by atoms with E-state index in [1.807, 2.05) is 0 Å². The second-order valence-electron chi connectivity index (χ2n) is 4.97. The minimum Gasteiger partial charge on any atom is -0.376 e. The predicted molar refractivity (Wildman–Crippen MR) is 87.2 cm³/mol. The van der Waals surface area contributed by atoms with Crippen LogP contribution >= 0.6 is 12.6 Å². The molecule has 6 heteroatoms. The monoisotopic (exact) mass is 322 g/mol. The predicted octanol–water partition coefficient (Wildman–Crippen LogP) is 3.41. The van der Waals surface area contributed by atoms with Crippen LogP contribution in [0.4, 0.5) is 0 Å². The molecular weight excluding hydrogens is 292 g/mol. The molecule has 0 aliphatic heterocycles. The van der Waals surface area contributed by atoms with Crippen molar-refractivity contribution >= 4 is 27.2 Å². The zero-order valence-electron chi connectivity index (χ0n) is 13.3. The first kappa shape index (κ1) is 20.1. The summed E-state index contributed by atoms with van der Waals surface area (Å²) in [5, 5.41) is 0. The van der Waals surface area contributed by atoms with Crippen LogP contribution in [0.3, 0.4) is 0 Å². The van der Waals surface area contributed by atoms with Gasteiger partial charge in [-0.1, -0.05) is 32.6 Å². The van der Waals surface area contributed by atoms with E-state index in [0.29, 0.717) is 25.0 Å². The molecule has 0 fully saturated rings. The highest BCUT2D eigenvalue weighted by molar-refractivity contribution is 7.83. The van der Waals surface area contributed by atoms with Gasteiger partial charge in [-0.05, 0) is 12.8 Å². The molecule has 0 aliphatic carbocycles. The molecule has 0 amide bonds. The van der Waals surface area contributed by atoms with Crippen molar-refractivity contribution < 1.29 is 18.1 Å². The van der Waals surface area contributed by atoms with Crippen molar-refractivity contribution in [2.24, 2.45) is 0 Å². The molecule has 0 aliphatic rings. The number of hydrogen-bond donors (Lipinski definition) is 1. The van der Waals surface area contributed by atoms with Crippen LogP contribution in [0.5, 0.6) is 0 Å². The molecule has 0 aromatic rings. The molecule has 0 aromatic heterocycles. The van der Waals surface area contributed by atoms with E-state index in [1.165, 1.54) is 19.3 Å². The van der Waals surface area contributed by atoms with Gasteiger partial charge in [0.05, 0.1) is 4.87 Å². The van der Waals surface area contributed by atoms with Crippen molar-refractivity contribution in [3.63, 3.8) is 0 Å². The van der Waals surface area contributed by atoms with E-state index in [9.17, 15) is 4.79 Å². The van der Waals surface area contributed by atoms with Gasteiger partial charge in [-0.25, -0.2) is 0 Å². The molecule has 4 nitrogen and oxygen atoms in total. The molecule has 0 saturated heterocycles. The van der Waals surface area contributed by atoms with Crippen molar-refractivity contribution in [1.29, 1.82) is 0 Å². The smallest absolute Gasteiger partial charge is 0.376 e. The Morgan fingerprint density at radius 2 is 1.55 bits per heavy atom. The number of unbranched alkanes of at least 4 members (excludes halogenated alkanes) is 4. The average Bonchev–Trinajstić information content (AvgIpc) is 2.47. The molecule has 0 aromatic carbocycles. The minimum atomic E-state index is -2.72. The third kappa shape index (κ3) is 7.22. The van der Waals surface area contributed by atoms with Crippen molar-refractivity contribution in [2.45, 2.75) is 63.2 Å². The average molecular weight is 323 g/mol. The number of hydrogen-bond acceptors (Lipinski definition) is 5. The summed E-state index contributed by atoms with van der Waals surface area (Å²) in [5.74, 6) is 0.298. The molecule has 0 heterocycles. The summed E-state index contributed by atoms with van der Waals surface area (Å²) in [6.45, 7) is 2.19. The fraction of sp³-hybridized carbons (Fsp3) is 0.929. The summed E-state index contributed by atoms with van der Waals surface area (Å²) in [6, 6.07) is 0. The van der Waals surface area contributed by atoms with Crippen LogP contribution in [0.2, 0.25) is 0 Å². The van der Waals surface area contributed by atoms with Gasteiger partial charge >= 0.3 is 8.80 Å². The Kier molecular flexibility index (Phi) is 11.8. The Morgan fingerprint density at radius 3 is 2.05 bits per heavy atom. The second-order valence-corrected chi connectivity index (χ2v) is 9.21. The summed E-state index contributed by atoms with van der Waals surface area (Å²) >= 11 is 4.50. The SMILES string of the molecule is CCCCCCCC(=O)CCC(S)[Si](OC)(OC)OC. The van der Waals surface area contributed by atoms with Crippen LogP contribution < -0.4 is 0 Å². The van der Waals surface area contributed by atoms with Crippen LogP contribution in [0.1, 0.15) is 58.3 Å². The van der Waals surface area contributed by atoms with Gasteiger partial charge < -0.3 is 13.3 Å². The summed E-state index contributed by atoms with van der Waals surface area (Å²) in [6.07, 6.45) is 7.70. The Balaban J connectivity index is 3.93. The lowest BCUT2D eigenvalue weighted by Crippen LogP contribution is -2.52. The maximum atomic E-state index is 11.8. The fourth-order valence-corrected chi connectivity index (χ4v) is 5.08. The van der Waals surface area contributed by atoms with E-state index in [2.05, 4.69) is 19.6 Å². The normalized spacial score (nSPS) is 13.4. The first-order chi connectivity index (χ1) is 9.56. The Hall–Kier alpha value is 0.117. The summed E-state index contributed by atoms with van der Waals surface area (Å²) in [7, 11) is 1.98. The Bertz CT molecular complexity index is 251. The molecule has 120 valence electrons. The highest BCUT2D eigenvalue weighted by Crippen LogP contribution is 2.22. The van der Waals surface area contributed by atoms with Crippen molar-refractivity contribution in [3.8, 4) is 0 Å². The summed E-state index contributed by atoms with van der Waals surface area (Å²) in [4.78, 5) is 11.7. The molecular formula is C14H30O4SSi. The highest BCUT2D eigenvalue weighted by atomic mass is 32.1. The van der Waals surface area contributed by atoms with E-state index in [0.717, 1.165) is 12.8 Å². The number of rotatable bonds is 13. The van der Waals surface area contributed by atoms with E-state index in [1.54, 1.807) is 21.3 Å². The lowest BCUT2D eigenvalue weighted by molar-refractivity contribution is -0.119. The zero-order valence-corrected chi connectivity index (χ0v) is 15.2. The Morgan fingerprint density at radius 1 is 1.00 bits per heavy atom. The minimum absolute atomic E-state index is 0.161. The fourth-order valence-electron chi connectivity index (χ4n) is 2.18. The molecule has 0 N–H and O–H groups in total. The topological polar surface area (TPSA) is 44.8 Å². The van der Waals surface area contributed by atoms with Gasteiger partial charge in [0.25, 0.3) is 0 Å². The standard InChI is InChI=1S/C14H30O4SSi/c1-5-6-7-8-9-10-13(15)11-12-14(19)20(16-2,17-3)18-4/h14,19H,5-12H2,1-4H3. The van der Waals surface area contributed by atoms with Gasteiger partial charge in [-0.3, -0.25) is 4.79 Å². The van der Waals surface area contributed by atoms with Crippen molar-refractivity contribution in [2.75, 3.05) is 21.3 Å². The van der Waals surface area contributed by atoms with Gasteiger partial charge in [0, 0.05) is 34.2 Å². The number of ketones is 1. The summed E-state index contributed by atoms with van der Waals surface area (Å²) < 4.78 is 16.1. The maximum absolute atomic E-state index is 11.8. The molecule has 0 spiro atoms. The first-order valence-corrected chi connectivity index (χ1v) is 9.73. The number of Topliss-reactive ketones (excluding diaryl/α,β-unsaturated/α-hetero) is 1. The van der Waals surface area contributed by atoms with E-state index in [4.69, 9.17) is 13.3 Å². The van der Waals surface area contributed by atoms with Gasteiger partial charge in [0.2, 0.25) is 0 Å². The molecule has 1 atom stereocenters. The quantitative estimate of drug-likeness (QED) is 0.321. The lowest BCUT2D eigenvalue weighted by Gasteiger charge is -2.29. The van der Waals surface area contributed by atoms with Crippen LogP contribution in [0, 0.1) is 0 Å². The molecule has 0 radical (unpaired) electrons. The Labute approximate surface area is 130 Å². The third-order valence-electron chi connectivity index (χ3n) is 3.52. The van der Waals surface area contributed by atoms with E-state index >= 15 is 0 Å². The highest BCUT2D eigenvalue weighted by Gasteiger charge is 2.45. The van der Waals surface area contributed by atoms with Crippen LogP contribution in [0.25, 0.3) is 0 Å². The summed E-state index contributed by atoms with van der Waals surface area (Å²) in [5.41, 5.74) is 0. The van der Waals surface area contributed by atoms with Gasteiger partial charge in [-0.2, -0.15) is 12.6 Å². The van der Waals surface area contributed by atoms with Crippen LogP contribution in [-0.4, -0.2) is 40.8 Å². The maximum Gasteiger partial charge on any atom is 0.513 e.